The topological polar surface area (TPSA) is 40.5 Å². The zero-order valence-electron chi connectivity index (χ0n) is 5.97. The molecule has 0 bridgehead atoms. The Hall–Kier alpha value is -0.900. The molecule has 0 aliphatic rings. The molecule has 1 N–H and O–H groups in total. The van der Waals surface area contributed by atoms with Crippen LogP contribution in [0.2, 0.25) is 0 Å². The molecule has 0 heterocycles. The zero-order valence-corrected chi connectivity index (χ0v) is 5.97. The molecule has 0 fully saturated rings. The number of carboxylic acid groups (broad SMARTS) is 1. The van der Waals surface area contributed by atoms with E-state index < -0.39 is 11.8 Å². The quantitative estimate of drug-likeness (QED) is 0.590. The van der Waals surface area contributed by atoms with Crippen LogP contribution in [-0.2, 0) is 4.79 Å². The lowest BCUT2D eigenvalue weighted by atomic mass is 10.4. The molecule has 0 saturated heterocycles. The summed E-state index contributed by atoms with van der Waals surface area (Å²) in [5.74, 6) is -2.62. The maximum absolute atomic E-state index is 12.1. The molecule has 0 aromatic heterocycles. The number of likely N-dealkylation sites (N-methyl/N-ethyl adjacent to an activating group) is 1. The van der Waals surface area contributed by atoms with Crippen molar-refractivity contribution in [3.05, 3.63) is 11.9 Å². The fourth-order valence-electron chi connectivity index (χ4n) is 0.350. The highest BCUT2D eigenvalue weighted by atomic mass is 19.1. The van der Waals surface area contributed by atoms with Gasteiger partial charge in [0.05, 0.1) is 0 Å². The third kappa shape index (κ3) is 4.03. The van der Waals surface area contributed by atoms with Crippen LogP contribution in [0, 0.1) is 0 Å². The second-order valence-corrected chi connectivity index (χ2v) is 2.12. The summed E-state index contributed by atoms with van der Waals surface area (Å²) >= 11 is 0. The van der Waals surface area contributed by atoms with E-state index in [0.717, 1.165) is 6.08 Å². The molecule has 0 saturated carbocycles. The second-order valence-electron chi connectivity index (χ2n) is 2.12. The van der Waals surface area contributed by atoms with Gasteiger partial charge in [-0.25, -0.2) is 4.79 Å². The van der Waals surface area contributed by atoms with Gasteiger partial charge in [-0.15, -0.1) is 0 Å². The minimum atomic E-state index is -1.51. The molecule has 0 aliphatic carbocycles. The molecule has 0 spiro atoms. The summed E-state index contributed by atoms with van der Waals surface area (Å²) in [6, 6.07) is 0. The van der Waals surface area contributed by atoms with Crippen LogP contribution in [0.4, 0.5) is 4.39 Å². The van der Waals surface area contributed by atoms with Crippen molar-refractivity contribution in [1.29, 1.82) is 0 Å². The minimum Gasteiger partial charge on any atom is -0.476 e. The molecule has 0 rings (SSSR count). The zero-order chi connectivity index (χ0) is 8.15. The number of hydrogen-bond donors (Lipinski definition) is 1. The Kier molecular flexibility index (Phi) is 3.64. The highest BCUT2D eigenvalue weighted by Gasteiger charge is 2.02. The number of rotatable bonds is 3. The molecule has 0 radical (unpaired) electrons. The molecule has 0 aromatic carbocycles. The Labute approximate surface area is 58.8 Å². The molecule has 0 unspecified atom stereocenters. The van der Waals surface area contributed by atoms with Gasteiger partial charge in [0.1, 0.15) is 0 Å². The van der Waals surface area contributed by atoms with E-state index >= 15 is 0 Å². The lowest BCUT2D eigenvalue weighted by Gasteiger charge is -2.02. The first-order valence-electron chi connectivity index (χ1n) is 2.77. The Morgan fingerprint density at radius 2 is 2.20 bits per heavy atom. The average Bonchev–Trinajstić information content (AvgIpc) is 1.82. The highest BCUT2D eigenvalue weighted by molar-refractivity contribution is 5.83. The number of carboxylic acids is 1. The molecule has 0 aliphatic heterocycles. The minimum absolute atomic E-state index is 0.304. The SMILES string of the molecule is CN(C)CC=C(F)C(=O)O. The lowest BCUT2D eigenvalue weighted by molar-refractivity contribution is -0.134. The Morgan fingerprint density at radius 3 is 2.50 bits per heavy atom. The van der Waals surface area contributed by atoms with Crippen molar-refractivity contribution >= 4 is 5.97 Å². The number of nitrogens with zero attached hydrogens (tertiary/aromatic N) is 1. The summed E-state index contributed by atoms with van der Waals surface area (Å²) in [4.78, 5) is 11.5. The van der Waals surface area contributed by atoms with Gasteiger partial charge in [0.2, 0.25) is 5.83 Å². The van der Waals surface area contributed by atoms with Gasteiger partial charge in [0, 0.05) is 6.54 Å². The van der Waals surface area contributed by atoms with E-state index in [1.54, 1.807) is 19.0 Å². The van der Waals surface area contributed by atoms with Gasteiger partial charge in [-0.1, -0.05) is 0 Å². The number of halogens is 1. The molecule has 4 heteroatoms. The first-order valence-corrected chi connectivity index (χ1v) is 2.77. The van der Waals surface area contributed by atoms with Gasteiger partial charge in [-0.05, 0) is 20.2 Å². The molecule has 0 amide bonds. The van der Waals surface area contributed by atoms with Gasteiger partial charge < -0.3 is 10.0 Å². The maximum Gasteiger partial charge on any atom is 0.364 e. The van der Waals surface area contributed by atoms with Crippen LogP contribution < -0.4 is 0 Å². The Balaban J connectivity index is 3.81. The third-order valence-corrected chi connectivity index (χ3v) is 0.840. The van der Waals surface area contributed by atoms with Crippen molar-refractivity contribution in [2.45, 2.75) is 0 Å². The Morgan fingerprint density at radius 1 is 1.70 bits per heavy atom. The number of carbonyl (C=O) groups is 1. The van der Waals surface area contributed by atoms with Gasteiger partial charge in [0.15, 0.2) is 0 Å². The molecular formula is C6H10FNO2. The predicted molar refractivity (Wildman–Crippen MR) is 35.4 cm³/mol. The van der Waals surface area contributed by atoms with Crippen molar-refractivity contribution in [2.75, 3.05) is 20.6 Å². The fraction of sp³-hybridized carbons (Fsp3) is 0.500. The van der Waals surface area contributed by atoms with Crippen molar-refractivity contribution in [3.8, 4) is 0 Å². The van der Waals surface area contributed by atoms with Crippen LogP contribution in [0.15, 0.2) is 11.9 Å². The summed E-state index contributed by atoms with van der Waals surface area (Å²) in [5.41, 5.74) is 0. The molecule has 0 aromatic rings. The van der Waals surface area contributed by atoms with Crippen molar-refractivity contribution in [3.63, 3.8) is 0 Å². The highest BCUT2D eigenvalue weighted by Crippen LogP contribution is 1.94. The van der Waals surface area contributed by atoms with Crippen LogP contribution in [0.5, 0.6) is 0 Å². The standard InChI is InChI=1S/C6H10FNO2/c1-8(2)4-3-5(7)6(9)10/h3H,4H2,1-2H3,(H,9,10). The van der Waals surface area contributed by atoms with Crippen molar-refractivity contribution in [1.82, 2.24) is 4.90 Å². The van der Waals surface area contributed by atoms with E-state index in [4.69, 9.17) is 5.11 Å². The summed E-state index contributed by atoms with van der Waals surface area (Å²) in [7, 11) is 3.46. The van der Waals surface area contributed by atoms with E-state index in [1.165, 1.54) is 0 Å². The van der Waals surface area contributed by atoms with E-state index in [0.29, 0.717) is 6.54 Å². The van der Waals surface area contributed by atoms with Crippen LogP contribution in [-0.4, -0.2) is 36.6 Å². The smallest absolute Gasteiger partial charge is 0.364 e. The number of aliphatic carboxylic acids is 1. The normalized spacial score (nSPS) is 12.2. The first-order chi connectivity index (χ1) is 4.54. The maximum atomic E-state index is 12.1. The molecule has 0 atom stereocenters. The summed E-state index contributed by atoms with van der Waals surface area (Å²) in [6.07, 6.45) is 1.02. The van der Waals surface area contributed by atoms with E-state index in [2.05, 4.69) is 0 Å². The largest absolute Gasteiger partial charge is 0.476 e. The van der Waals surface area contributed by atoms with Crippen molar-refractivity contribution < 1.29 is 14.3 Å². The van der Waals surface area contributed by atoms with Crippen LogP contribution >= 0.6 is 0 Å². The van der Waals surface area contributed by atoms with E-state index in [9.17, 15) is 9.18 Å². The van der Waals surface area contributed by atoms with Crippen LogP contribution in [0.3, 0.4) is 0 Å². The summed E-state index contributed by atoms with van der Waals surface area (Å²) in [6.45, 7) is 0.304. The monoisotopic (exact) mass is 147 g/mol. The van der Waals surface area contributed by atoms with Gasteiger partial charge >= 0.3 is 5.97 Å². The van der Waals surface area contributed by atoms with Gasteiger partial charge in [0.25, 0.3) is 0 Å². The Bertz CT molecular complexity index is 154. The second kappa shape index (κ2) is 4.00. The molecular weight excluding hydrogens is 137 g/mol. The summed E-state index contributed by atoms with van der Waals surface area (Å²) < 4.78 is 12.1. The molecule has 10 heavy (non-hydrogen) atoms. The predicted octanol–water partition coefficient (Wildman–Crippen LogP) is 0.486. The number of hydrogen-bond acceptors (Lipinski definition) is 2. The average molecular weight is 147 g/mol. The first kappa shape index (κ1) is 9.10. The van der Waals surface area contributed by atoms with Crippen LogP contribution in [0.25, 0.3) is 0 Å². The molecule has 3 nitrogen and oxygen atoms in total. The van der Waals surface area contributed by atoms with E-state index in [1.807, 2.05) is 0 Å². The van der Waals surface area contributed by atoms with Crippen LogP contribution in [0.1, 0.15) is 0 Å². The fourth-order valence-corrected chi connectivity index (χ4v) is 0.350. The third-order valence-electron chi connectivity index (χ3n) is 0.840. The van der Waals surface area contributed by atoms with Gasteiger partial charge in [-0.2, -0.15) is 4.39 Å². The van der Waals surface area contributed by atoms with Gasteiger partial charge in [-0.3, -0.25) is 0 Å². The van der Waals surface area contributed by atoms with E-state index in [-0.39, 0.29) is 0 Å². The van der Waals surface area contributed by atoms with Crippen molar-refractivity contribution in [2.24, 2.45) is 0 Å². The lowest BCUT2D eigenvalue weighted by Crippen LogP contribution is -2.11. The molecule has 58 valence electrons. The summed E-state index contributed by atoms with van der Waals surface area (Å²) in [5, 5.41) is 8.03.